The minimum absolute atomic E-state index is 0.902. The van der Waals surface area contributed by atoms with Gasteiger partial charge in [-0.1, -0.05) is 19.6 Å². The first-order chi connectivity index (χ1) is 5.38. The lowest BCUT2D eigenvalue weighted by Crippen LogP contribution is -2.21. The highest BCUT2D eigenvalue weighted by atomic mass is 15.0. The van der Waals surface area contributed by atoms with E-state index in [1.807, 2.05) is 0 Å². The van der Waals surface area contributed by atoms with Crippen molar-refractivity contribution in [2.45, 2.75) is 19.8 Å². The van der Waals surface area contributed by atoms with Crippen LogP contribution in [0.2, 0.25) is 0 Å². The summed E-state index contributed by atoms with van der Waals surface area (Å²) in [5.74, 6) is 0.994. The Bertz CT molecular complexity index is 202. The number of amidine groups is 1. The Kier molecular flexibility index (Phi) is 2.90. The largest absolute Gasteiger partial charge is 0.347 e. The molecule has 1 rings (SSSR count). The number of rotatable bonds is 2. The molecule has 1 heterocycles. The topological polar surface area (TPSA) is 24.4 Å². The maximum atomic E-state index is 4.34. The molecule has 1 aliphatic heterocycles. The molecule has 0 fully saturated rings. The number of dihydropyridines is 1. The molecule has 0 radical (unpaired) electrons. The highest BCUT2D eigenvalue weighted by molar-refractivity contribution is 5.99. The number of nitrogens with one attached hydrogen (secondary N) is 1. The standard InChI is InChI=1S/C9H14N2/c1-3-8-6-5-7-11-9(8)10-4-2/h4,6H,2-3,5,7H2,1H3,(H,10,11). The summed E-state index contributed by atoms with van der Waals surface area (Å²) >= 11 is 0. The third-order valence-corrected chi connectivity index (χ3v) is 1.71. The van der Waals surface area contributed by atoms with Gasteiger partial charge in [0.25, 0.3) is 0 Å². The average molecular weight is 150 g/mol. The minimum atomic E-state index is 0.902. The monoisotopic (exact) mass is 150 g/mol. The van der Waals surface area contributed by atoms with Crippen molar-refractivity contribution in [3.8, 4) is 0 Å². The Labute approximate surface area is 67.7 Å². The van der Waals surface area contributed by atoms with Crippen LogP contribution in [0.5, 0.6) is 0 Å². The first-order valence-corrected chi connectivity index (χ1v) is 3.99. The van der Waals surface area contributed by atoms with Gasteiger partial charge in [-0.15, -0.1) is 0 Å². The van der Waals surface area contributed by atoms with Crippen molar-refractivity contribution in [3.05, 3.63) is 24.4 Å². The van der Waals surface area contributed by atoms with E-state index in [0.29, 0.717) is 0 Å². The fourth-order valence-corrected chi connectivity index (χ4v) is 1.16. The van der Waals surface area contributed by atoms with Gasteiger partial charge in [0, 0.05) is 6.54 Å². The van der Waals surface area contributed by atoms with Crippen molar-refractivity contribution in [2.75, 3.05) is 6.54 Å². The summed E-state index contributed by atoms with van der Waals surface area (Å²) in [4.78, 5) is 4.34. The second-order valence-corrected chi connectivity index (χ2v) is 2.45. The van der Waals surface area contributed by atoms with Gasteiger partial charge in [-0.05, 0) is 24.6 Å². The summed E-state index contributed by atoms with van der Waals surface area (Å²) in [5.41, 5.74) is 1.30. The SMILES string of the molecule is C=CNC1=NCCC=C1CC. The lowest BCUT2D eigenvalue weighted by atomic mass is 10.1. The molecular formula is C9H14N2. The van der Waals surface area contributed by atoms with Crippen LogP contribution in [0.1, 0.15) is 19.8 Å². The van der Waals surface area contributed by atoms with E-state index >= 15 is 0 Å². The maximum Gasteiger partial charge on any atom is 0.127 e. The van der Waals surface area contributed by atoms with E-state index in [0.717, 1.165) is 25.2 Å². The van der Waals surface area contributed by atoms with E-state index < -0.39 is 0 Å². The number of hydrogen-bond acceptors (Lipinski definition) is 2. The zero-order chi connectivity index (χ0) is 8.10. The van der Waals surface area contributed by atoms with Crippen molar-refractivity contribution < 1.29 is 0 Å². The van der Waals surface area contributed by atoms with E-state index in [-0.39, 0.29) is 0 Å². The van der Waals surface area contributed by atoms with E-state index in [9.17, 15) is 0 Å². The van der Waals surface area contributed by atoms with Gasteiger partial charge >= 0.3 is 0 Å². The van der Waals surface area contributed by atoms with Crippen molar-refractivity contribution in [1.29, 1.82) is 0 Å². The highest BCUT2D eigenvalue weighted by Crippen LogP contribution is 2.08. The molecule has 0 aromatic rings. The van der Waals surface area contributed by atoms with Crippen LogP contribution < -0.4 is 5.32 Å². The molecule has 0 atom stereocenters. The van der Waals surface area contributed by atoms with Gasteiger partial charge in [0.05, 0.1) is 0 Å². The van der Waals surface area contributed by atoms with Crippen LogP contribution in [0.4, 0.5) is 0 Å². The quantitative estimate of drug-likeness (QED) is 0.638. The summed E-state index contributed by atoms with van der Waals surface area (Å²) in [7, 11) is 0. The molecule has 0 aromatic carbocycles. The number of hydrogen-bond donors (Lipinski definition) is 1. The van der Waals surface area contributed by atoms with Gasteiger partial charge < -0.3 is 5.32 Å². The molecule has 0 saturated carbocycles. The third kappa shape index (κ3) is 1.93. The van der Waals surface area contributed by atoms with Gasteiger partial charge in [0.1, 0.15) is 5.84 Å². The van der Waals surface area contributed by atoms with Crippen LogP contribution in [0.15, 0.2) is 29.4 Å². The lowest BCUT2D eigenvalue weighted by Gasteiger charge is -2.12. The smallest absolute Gasteiger partial charge is 0.127 e. The molecule has 0 saturated heterocycles. The van der Waals surface area contributed by atoms with E-state index in [1.54, 1.807) is 6.20 Å². The predicted molar refractivity (Wildman–Crippen MR) is 48.6 cm³/mol. The Balaban J connectivity index is 2.66. The molecule has 0 spiro atoms. The van der Waals surface area contributed by atoms with Gasteiger partial charge in [-0.25, -0.2) is 0 Å². The van der Waals surface area contributed by atoms with Crippen molar-refractivity contribution in [1.82, 2.24) is 5.32 Å². The summed E-state index contributed by atoms with van der Waals surface area (Å²) < 4.78 is 0. The molecule has 2 nitrogen and oxygen atoms in total. The molecule has 0 amide bonds. The second kappa shape index (κ2) is 3.96. The zero-order valence-electron chi connectivity index (χ0n) is 6.93. The van der Waals surface area contributed by atoms with E-state index in [1.165, 1.54) is 5.57 Å². The minimum Gasteiger partial charge on any atom is -0.347 e. The molecule has 1 aliphatic rings. The molecule has 11 heavy (non-hydrogen) atoms. The van der Waals surface area contributed by atoms with Crippen molar-refractivity contribution in [2.24, 2.45) is 4.99 Å². The Morgan fingerprint density at radius 2 is 2.64 bits per heavy atom. The third-order valence-electron chi connectivity index (χ3n) is 1.71. The first kappa shape index (κ1) is 8.05. The fourth-order valence-electron chi connectivity index (χ4n) is 1.16. The summed E-state index contributed by atoms with van der Waals surface area (Å²) in [6, 6.07) is 0. The molecule has 0 aliphatic carbocycles. The van der Waals surface area contributed by atoms with Crippen LogP contribution >= 0.6 is 0 Å². The van der Waals surface area contributed by atoms with Crippen LogP contribution in [0, 0.1) is 0 Å². The summed E-state index contributed by atoms with van der Waals surface area (Å²) in [6.07, 6.45) is 6.03. The van der Waals surface area contributed by atoms with Crippen LogP contribution in [0.25, 0.3) is 0 Å². The molecule has 0 aromatic heterocycles. The predicted octanol–water partition coefficient (Wildman–Crippen LogP) is 1.86. The van der Waals surface area contributed by atoms with Gasteiger partial charge in [0.2, 0.25) is 0 Å². The van der Waals surface area contributed by atoms with Gasteiger partial charge in [-0.3, -0.25) is 4.99 Å². The second-order valence-electron chi connectivity index (χ2n) is 2.45. The molecular weight excluding hydrogens is 136 g/mol. The van der Waals surface area contributed by atoms with E-state index in [2.05, 4.69) is 29.9 Å². The van der Waals surface area contributed by atoms with Crippen LogP contribution in [0.3, 0.4) is 0 Å². The summed E-state index contributed by atoms with van der Waals surface area (Å²) in [5, 5.41) is 3.03. The van der Waals surface area contributed by atoms with Gasteiger partial charge in [0.15, 0.2) is 0 Å². The fraction of sp³-hybridized carbons (Fsp3) is 0.444. The molecule has 0 bridgehead atoms. The van der Waals surface area contributed by atoms with E-state index in [4.69, 9.17) is 0 Å². The Hall–Kier alpha value is -1.05. The normalized spacial score (nSPS) is 16.8. The van der Waals surface area contributed by atoms with Crippen molar-refractivity contribution in [3.63, 3.8) is 0 Å². The molecule has 1 N–H and O–H groups in total. The molecule has 2 heteroatoms. The lowest BCUT2D eigenvalue weighted by molar-refractivity contribution is 0.937. The van der Waals surface area contributed by atoms with Crippen molar-refractivity contribution >= 4 is 5.84 Å². The van der Waals surface area contributed by atoms with Crippen LogP contribution in [-0.4, -0.2) is 12.4 Å². The molecule has 60 valence electrons. The Morgan fingerprint density at radius 1 is 1.82 bits per heavy atom. The van der Waals surface area contributed by atoms with Crippen LogP contribution in [-0.2, 0) is 0 Å². The average Bonchev–Trinajstić information content (AvgIpc) is 2.06. The Morgan fingerprint density at radius 3 is 3.27 bits per heavy atom. The first-order valence-electron chi connectivity index (χ1n) is 3.99. The highest BCUT2D eigenvalue weighted by Gasteiger charge is 2.05. The van der Waals surface area contributed by atoms with Gasteiger partial charge in [-0.2, -0.15) is 0 Å². The number of nitrogens with zero attached hydrogens (tertiary/aromatic N) is 1. The molecule has 0 unspecified atom stereocenters. The maximum absolute atomic E-state index is 4.34. The number of aliphatic imine (C=N–C) groups is 1. The summed E-state index contributed by atoms with van der Waals surface area (Å²) in [6.45, 7) is 6.64. The zero-order valence-corrected chi connectivity index (χ0v) is 6.93.